The zero-order chi connectivity index (χ0) is 30.9. The highest BCUT2D eigenvalue weighted by Gasteiger charge is 2.33. The lowest BCUT2D eigenvalue weighted by Gasteiger charge is -2.43. The maximum Gasteiger partial charge on any atom is 0.257 e. The molecule has 3 heterocycles. The molecule has 2 aromatic heterocycles. The first-order valence-corrected chi connectivity index (χ1v) is 15.5. The van der Waals surface area contributed by atoms with Crippen LogP contribution in [0.3, 0.4) is 0 Å². The number of carbonyl (C=O) groups excluding carboxylic acids is 1. The van der Waals surface area contributed by atoms with E-state index in [2.05, 4.69) is 41.0 Å². The van der Waals surface area contributed by atoms with Crippen molar-refractivity contribution in [2.24, 2.45) is 11.3 Å². The van der Waals surface area contributed by atoms with Gasteiger partial charge in [0.05, 0.1) is 41.4 Å². The molecule has 8 nitrogen and oxygen atoms in total. The molecule has 0 radical (unpaired) electrons. The number of nitrogens with zero attached hydrogens (tertiary/aromatic N) is 6. The van der Waals surface area contributed by atoms with Gasteiger partial charge in [0.15, 0.2) is 0 Å². The van der Waals surface area contributed by atoms with Gasteiger partial charge in [-0.25, -0.2) is 9.67 Å². The van der Waals surface area contributed by atoms with Crippen LogP contribution in [0.1, 0.15) is 84.7 Å². The maximum absolute atomic E-state index is 14.4. The molecule has 1 aliphatic rings. The summed E-state index contributed by atoms with van der Waals surface area (Å²) in [6, 6.07) is 13.1. The van der Waals surface area contributed by atoms with Crippen LogP contribution in [0.15, 0.2) is 53.1 Å². The number of halogens is 1. The fraction of sp³-hybridized carbons (Fsp3) is 0.471. The molecule has 2 unspecified atom stereocenters. The summed E-state index contributed by atoms with van der Waals surface area (Å²) in [5.41, 5.74) is 5.27. The van der Waals surface area contributed by atoms with E-state index in [4.69, 9.17) is 16.0 Å². The highest BCUT2D eigenvalue weighted by atomic mass is 35.5. The van der Waals surface area contributed by atoms with E-state index in [0.717, 1.165) is 60.2 Å². The number of likely N-dealkylation sites (tertiary alicyclic amines) is 1. The molecular weight excluding hydrogens is 560 g/mol. The minimum Gasteiger partial charge on any atom is -0.444 e. The van der Waals surface area contributed by atoms with Gasteiger partial charge in [0.1, 0.15) is 5.76 Å². The number of aromatic nitrogens is 4. The lowest BCUT2D eigenvalue weighted by Crippen LogP contribution is -2.45. The van der Waals surface area contributed by atoms with Gasteiger partial charge in [-0.3, -0.25) is 4.79 Å². The molecule has 0 N–H and O–H groups in total. The first kappa shape index (κ1) is 31.0. The molecule has 2 atom stereocenters. The highest BCUT2D eigenvalue weighted by molar-refractivity contribution is 6.30. The Labute approximate surface area is 260 Å². The van der Waals surface area contributed by atoms with Gasteiger partial charge in [-0.2, -0.15) is 0 Å². The highest BCUT2D eigenvalue weighted by Crippen LogP contribution is 2.34. The van der Waals surface area contributed by atoms with Crippen molar-refractivity contribution in [1.82, 2.24) is 29.8 Å². The van der Waals surface area contributed by atoms with E-state index in [1.807, 2.05) is 76.4 Å². The molecule has 228 valence electrons. The number of aryl methyl sites for hydroxylation is 3. The normalized spacial score (nSPS) is 17.6. The molecule has 4 aromatic rings. The predicted molar refractivity (Wildman–Crippen MR) is 170 cm³/mol. The van der Waals surface area contributed by atoms with Gasteiger partial charge in [0.2, 0.25) is 5.89 Å². The van der Waals surface area contributed by atoms with E-state index >= 15 is 0 Å². The number of benzene rings is 2. The molecule has 1 saturated heterocycles. The van der Waals surface area contributed by atoms with Crippen LogP contribution < -0.4 is 0 Å². The fourth-order valence-electron chi connectivity index (χ4n) is 5.80. The van der Waals surface area contributed by atoms with Gasteiger partial charge in [-0.15, -0.1) is 5.10 Å². The lowest BCUT2D eigenvalue weighted by atomic mass is 9.75. The Bertz CT molecular complexity index is 1550. The third-order valence-electron chi connectivity index (χ3n) is 9.16. The van der Waals surface area contributed by atoms with Crippen LogP contribution in [-0.4, -0.2) is 55.3 Å². The predicted octanol–water partition coefficient (Wildman–Crippen LogP) is 7.15. The van der Waals surface area contributed by atoms with Crippen molar-refractivity contribution in [2.45, 2.75) is 73.9 Å². The summed E-state index contributed by atoms with van der Waals surface area (Å²) in [6.07, 6.45) is 3.98. The van der Waals surface area contributed by atoms with E-state index in [-0.39, 0.29) is 18.5 Å². The monoisotopic (exact) mass is 602 g/mol. The zero-order valence-corrected chi connectivity index (χ0v) is 27.1. The molecule has 0 spiro atoms. The summed E-state index contributed by atoms with van der Waals surface area (Å²) in [5, 5.41) is 9.62. The number of hydrogen-bond donors (Lipinski definition) is 0. The van der Waals surface area contributed by atoms with Crippen LogP contribution in [0.25, 0.3) is 5.69 Å². The SMILES string of the molecule is Cc1ccc(C(=O)N(Cc2nc(C)c(C)o2)C(C)c2ccc(Cl)cc2)c(-n2cc(CCN3CCC(C)C(C)(C)C3)nn2)c1. The average molecular weight is 603 g/mol. The Kier molecular flexibility index (Phi) is 9.09. The molecule has 0 saturated carbocycles. The number of rotatable bonds is 9. The molecule has 5 rings (SSSR count). The Morgan fingerprint density at radius 1 is 1.16 bits per heavy atom. The summed E-state index contributed by atoms with van der Waals surface area (Å²) in [4.78, 5) is 23.3. The van der Waals surface area contributed by atoms with Crippen molar-refractivity contribution in [3.05, 3.63) is 93.4 Å². The second-order valence-corrected chi connectivity index (χ2v) is 13.2. The number of hydrogen-bond acceptors (Lipinski definition) is 6. The Hall–Kier alpha value is -3.49. The summed E-state index contributed by atoms with van der Waals surface area (Å²) >= 11 is 6.17. The first-order valence-electron chi connectivity index (χ1n) is 15.1. The van der Waals surface area contributed by atoms with Crippen LogP contribution in [0.2, 0.25) is 5.02 Å². The van der Waals surface area contributed by atoms with Crippen molar-refractivity contribution in [2.75, 3.05) is 19.6 Å². The third kappa shape index (κ3) is 7.02. The van der Waals surface area contributed by atoms with Crippen molar-refractivity contribution in [3.8, 4) is 5.69 Å². The van der Waals surface area contributed by atoms with E-state index in [1.54, 1.807) is 9.58 Å². The number of oxazole rings is 1. The molecule has 1 aliphatic heterocycles. The molecule has 0 aliphatic carbocycles. The summed E-state index contributed by atoms with van der Waals surface area (Å²) in [6.45, 7) is 18.2. The second-order valence-electron chi connectivity index (χ2n) is 12.8. The topological polar surface area (TPSA) is 80.3 Å². The van der Waals surface area contributed by atoms with Gasteiger partial charge in [-0.1, -0.05) is 55.8 Å². The number of carbonyl (C=O) groups is 1. The van der Waals surface area contributed by atoms with Gasteiger partial charge in [0.25, 0.3) is 5.91 Å². The van der Waals surface area contributed by atoms with Crippen LogP contribution in [0.4, 0.5) is 0 Å². The largest absolute Gasteiger partial charge is 0.444 e. The maximum atomic E-state index is 14.4. The van der Waals surface area contributed by atoms with E-state index in [1.165, 1.54) is 6.42 Å². The fourth-order valence-corrected chi connectivity index (χ4v) is 5.92. The minimum atomic E-state index is -0.269. The Morgan fingerprint density at radius 3 is 2.58 bits per heavy atom. The third-order valence-corrected chi connectivity index (χ3v) is 9.41. The van der Waals surface area contributed by atoms with Gasteiger partial charge >= 0.3 is 0 Å². The summed E-state index contributed by atoms with van der Waals surface area (Å²) in [5.74, 6) is 1.82. The molecule has 0 bridgehead atoms. The van der Waals surface area contributed by atoms with E-state index in [0.29, 0.717) is 27.6 Å². The van der Waals surface area contributed by atoms with Gasteiger partial charge in [-0.05, 0) is 87.4 Å². The molecule has 9 heteroatoms. The van der Waals surface area contributed by atoms with Crippen molar-refractivity contribution in [3.63, 3.8) is 0 Å². The van der Waals surface area contributed by atoms with Gasteiger partial charge in [0, 0.05) is 24.5 Å². The first-order chi connectivity index (χ1) is 20.4. The molecule has 43 heavy (non-hydrogen) atoms. The quantitative estimate of drug-likeness (QED) is 0.202. The summed E-state index contributed by atoms with van der Waals surface area (Å²) < 4.78 is 7.65. The van der Waals surface area contributed by atoms with Crippen molar-refractivity contribution < 1.29 is 9.21 Å². The average Bonchev–Trinajstić information content (AvgIpc) is 3.57. The van der Waals surface area contributed by atoms with Crippen molar-refractivity contribution in [1.29, 1.82) is 0 Å². The summed E-state index contributed by atoms with van der Waals surface area (Å²) in [7, 11) is 0. The zero-order valence-electron chi connectivity index (χ0n) is 26.4. The van der Waals surface area contributed by atoms with E-state index in [9.17, 15) is 4.79 Å². The molecule has 1 fully saturated rings. The molecule has 1 amide bonds. The van der Waals surface area contributed by atoms with Crippen LogP contribution >= 0.6 is 11.6 Å². The standard InChI is InChI=1S/C34H43ClN6O2/c1-22-8-13-30(31(18-22)41-19-29(37-38-41)15-17-39-16-14-23(2)34(6,7)21-39)33(42)40(20-32-36-24(3)26(5)43-32)25(4)27-9-11-28(35)12-10-27/h8-13,18-19,23,25H,14-17,20-21H2,1-7H3. The minimum absolute atomic E-state index is 0.146. The van der Waals surface area contributed by atoms with Crippen LogP contribution in [0.5, 0.6) is 0 Å². The molecule has 2 aromatic carbocycles. The van der Waals surface area contributed by atoms with Crippen LogP contribution in [0, 0.1) is 32.1 Å². The van der Waals surface area contributed by atoms with Crippen LogP contribution in [-0.2, 0) is 13.0 Å². The Balaban J connectivity index is 1.42. The van der Waals surface area contributed by atoms with Gasteiger partial charge < -0.3 is 14.2 Å². The second kappa shape index (κ2) is 12.6. The Morgan fingerprint density at radius 2 is 1.91 bits per heavy atom. The van der Waals surface area contributed by atoms with Crippen molar-refractivity contribution >= 4 is 17.5 Å². The van der Waals surface area contributed by atoms with E-state index < -0.39 is 0 Å². The lowest BCUT2D eigenvalue weighted by molar-refractivity contribution is 0.0653. The molecular formula is C34H43ClN6O2. The number of piperidine rings is 1. The smallest absolute Gasteiger partial charge is 0.257 e. The number of amides is 1.